The maximum Gasteiger partial charge on any atom is 0.153 e. The van der Waals surface area contributed by atoms with Crippen LogP contribution >= 0.6 is 0 Å². The quantitative estimate of drug-likeness (QED) is 0.735. The van der Waals surface area contributed by atoms with Crippen LogP contribution in [0.4, 0.5) is 4.39 Å². The summed E-state index contributed by atoms with van der Waals surface area (Å²) < 4.78 is 13.6. The van der Waals surface area contributed by atoms with Crippen molar-refractivity contribution in [2.45, 2.75) is 25.7 Å². The van der Waals surface area contributed by atoms with Crippen molar-refractivity contribution in [3.05, 3.63) is 29.3 Å². The minimum atomic E-state index is -0.189. The van der Waals surface area contributed by atoms with Gasteiger partial charge in [0.25, 0.3) is 0 Å². The van der Waals surface area contributed by atoms with Gasteiger partial charge in [-0.3, -0.25) is 0 Å². The van der Waals surface area contributed by atoms with Gasteiger partial charge in [-0.2, -0.15) is 0 Å². The molecule has 0 unspecified atom stereocenters. The molecule has 1 N–H and O–H groups in total. The average molecular weight is 190 g/mol. The highest BCUT2D eigenvalue weighted by Crippen LogP contribution is 2.39. The van der Waals surface area contributed by atoms with Crippen molar-refractivity contribution in [2.75, 3.05) is 0 Å². The molecule has 2 nitrogen and oxygen atoms in total. The van der Waals surface area contributed by atoms with Gasteiger partial charge in [0.05, 0.1) is 5.52 Å². The Hall–Kier alpha value is -1.38. The predicted octanol–water partition coefficient (Wildman–Crippen LogP) is 2.89. The summed E-state index contributed by atoms with van der Waals surface area (Å²) in [6.07, 6.45) is 2.36. The van der Waals surface area contributed by atoms with Gasteiger partial charge in [-0.05, 0) is 31.4 Å². The highest BCUT2D eigenvalue weighted by molar-refractivity contribution is 5.76. The molecule has 3 heteroatoms. The zero-order valence-electron chi connectivity index (χ0n) is 7.97. The Labute approximate surface area is 81.2 Å². The molecule has 0 bridgehead atoms. The van der Waals surface area contributed by atoms with Gasteiger partial charge in [0.1, 0.15) is 11.3 Å². The average Bonchev–Trinajstić information content (AvgIpc) is 2.93. The number of hydrogen-bond donors (Lipinski definition) is 1. The lowest BCUT2D eigenvalue weighted by Crippen LogP contribution is -1.83. The summed E-state index contributed by atoms with van der Waals surface area (Å²) in [5.41, 5.74) is 1.97. The Bertz CT molecular complexity index is 497. The third-order valence-corrected chi connectivity index (χ3v) is 2.77. The first-order chi connectivity index (χ1) is 6.75. The number of aromatic nitrogens is 2. The molecule has 0 spiro atoms. The van der Waals surface area contributed by atoms with Crippen LogP contribution in [0.3, 0.4) is 0 Å². The Balaban J connectivity index is 2.26. The van der Waals surface area contributed by atoms with Crippen LogP contribution < -0.4 is 0 Å². The van der Waals surface area contributed by atoms with E-state index in [2.05, 4.69) is 9.97 Å². The Kier molecular flexibility index (Phi) is 1.46. The van der Waals surface area contributed by atoms with Crippen LogP contribution in [0.2, 0.25) is 0 Å². The Morgan fingerprint density at radius 2 is 2.21 bits per heavy atom. The van der Waals surface area contributed by atoms with Crippen LogP contribution in [-0.2, 0) is 0 Å². The predicted molar refractivity (Wildman–Crippen MR) is 52.8 cm³/mol. The van der Waals surface area contributed by atoms with Gasteiger partial charge in [0.15, 0.2) is 5.82 Å². The summed E-state index contributed by atoms with van der Waals surface area (Å²) >= 11 is 0. The number of imidazole rings is 1. The molecular weight excluding hydrogens is 179 g/mol. The summed E-state index contributed by atoms with van der Waals surface area (Å²) in [4.78, 5) is 7.48. The van der Waals surface area contributed by atoms with Gasteiger partial charge < -0.3 is 4.98 Å². The second-order valence-electron chi connectivity index (χ2n) is 3.99. The third kappa shape index (κ3) is 1.05. The van der Waals surface area contributed by atoms with E-state index in [1.165, 1.54) is 12.8 Å². The molecule has 1 saturated carbocycles. The molecule has 1 aliphatic carbocycles. The van der Waals surface area contributed by atoms with E-state index in [0.717, 1.165) is 11.3 Å². The Morgan fingerprint density at radius 1 is 1.43 bits per heavy atom. The number of rotatable bonds is 1. The van der Waals surface area contributed by atoms with E-state index in [1.54, 1.807) is 13.0 Å². The third-order valence-electron chi connectivity index (χ3n) is 2.77. The van der Waals surface area contributed by atoms with Gasteiger partial charge in [-0.1, -0.05) is 6.07 Å². The minimum absolute atomic E-state index is 0.189. The highest BCUT2D eigenvalue weighted by atomic mass is 19.1. The van der Waals surface area contributed by atoms with E-state index in [9.17, 15) is 4.39 Å². The lowest BCUT2D eigenvalue weighted by molar-refractivity contribution is 0.628. The van der Waals surface area contributed by atoms with E-state index in [0.29, 0.717) is 17.0 Å². The van der Waals surface area contributed by atoms with Gasteiger partial charge in [0.2, 0.25) is 0 Å². The molecule has 1 heterocycles. The molecule has 0 amide bonds. The lowest BCUT2D eigenvalue weighted by Gasteiger charge is -1.94. The summed E-state index contributed by atoms with van der Waals surface area (Å²) in [5, 5.41) is 0. The summed E-state index contributed by atoms with van der Waals surface area (Å²) in [7, 11) is 0. The molecule has 2 aromatic rings. The number of aryl methyl sites for hydroxylation is 1. The number of benzene rings is 1. The standard InChI is InChI=1S/C11H11FN2/c1-6-2-5-8-10(9(6)12)14-11(13-8)7-3-4-7/h2,5,7H,3-4H2,1H3,(H,13,14). The molecule has 14 heavy (non-hydrogen) atoms. The number of fused-ring (bicyclic) bond motifs is 1. The fourth-order valence-corrected chi connectivity index (χ4v) is 1.71. The molecule has 3 rings (SSSR count). The first kappa shape index (κ1) is 7.97. The zero-order valence-corrected chi connectivity index (χ0v) is 7.97. The van der Waals surface area contributed by atoms with Crippen LogP contribution in [0.15, 0.2) is 12.1 Å². The number of aromatic amines is 1. The Morgan fingerprint density at radius 3 is 2.93 bits per heavy atom. The van der Waals surface area contributed by atoms with Crippen molar-refractivity contribution in [1.29, 1.82) is 0 Å². The van der Waals surface area contributed by atoms with E-state index >= 15 is 0 Å². The maximum atomic E-state index is 13.6. The number of nitrogens with zero attached hydrogens (tertiary/aromatic N) is 1. The fourth-order valence-electron chi connectivity index (χ4n) is 1.71. The van der Waals surface area contributed by atoms with Crippen LogP contribution in [-0.4, -0.2) is 9.97 Å². The molecule has 0 saturated heterocycles. The van der Waals surface area contributed by atoms with Crippen molar-refractivity contribution in [1.82, 2.24) is 9.97 Å². The van der Waals surface area contributed by atoms with Crippen molar-refractivity contribution in [3.63, 3.8) is 0 Å². The molecule has 0 atom stereocenters. The number of hydrogen-bond acceptors (Lipinski definition) is 1. The second kappa shape index (κ2) is 2.56. The summed E-state index contributed by atoms with van der Waals surface area (Å²) in [6.45, 7) is 1.76. The maximum absolute atomic E-state index is 13.6. The molecule has 1 fully saturated rings. The van der Waals surface area contributed by atoms with Gasteiger partial charge >= 0.3 is 0 Å². The molecule has 72 valence electrons. The molecule has 1 aromatic heterocycles. The SMILES string of the molecule is Cc1ccc2[nH]c(C3CC3)nc2c1F. The van der Waals surface area contributed by atoms with Crippen molar-refractivity contribution in [3.8, 4) is 0 Å². The second-order valence-corrected chi connectivity index (χ2v) is 3.99. The smallest absolute Gasteiger partial charge is 0.153 e. The minimum Gasteiger partial charge on any atom is -0.342 e. The van der Waals surface area contributed by atoms with Crippen LogP contribution in [0, 0.1) is 12.7 Å². The van der Waals surface area contributed by atoms with Gasteiger partial charge in [-0.15, -0.1) is 0 Å². The van der Waals surface area contributed by atoms with Gasteiger partial charge in [0, 0.05) is 5.92 Å². The zero-order chi connectivity index (χ0) is 9.71. The van der Waals surface area contributed by atoms with E-state index < -0.39 is 0 Å². The van der Waals surface area contributed by atoms with Crippen LogP contribution in [0.5, 0.6) is 0 Å². The van der Waals surface area contributed by atoms with Crippen molar-refractivity contribution >= 4 is 11.0 Å². The van der Waals surface area contributed by atoms with E-state index in [4.69, 9.17) is 0 Å². The lowest BCUT2D eigenvalue weighted by atomic mass is 10.2. The largest absolute Gasteiger partial charge is 0.342 e. The molecule has 0 radical (unpaired) electrons. The molecule has 1 aliphatic rings. The first-order valence-electron chi connectivity index (χ1n) is 4.90. The number of halogens is 1. The summed E-state index contributed by atoms with van der Waals surface area (Å²) in [6, 6.07) is 3.68. The number of nitrogens with one attached hydrogen (secondary N) is 1. The topological polar surface area (TPSA) is 28.7 Å². The fraction of sp³-hybridized carbons (Fsp3) is 0.364. The highest BCUT2D eigenvalue weighted by Gasteiger charge is 2.27. The normalized spacial score (nSPS) is 16.4. The first-order valence-corrected chi connectivity index (χ1v) is 4.90. The van der Waals surface area contributed by atoms with Crippen LogP contribution in [0.1, 0.15) is 30.1 Å². The van der Waals surface area contributed by atoms with E-state index in [-0.39, 0.29) is 5.82 Å². The van der Waals surface area contributed by atoms with Crippen molar-refractivity contribution in [2.24, 2.45) is 0 Å². The van der Waals surface area contributed by atoms with E-state index in [1.807, 2.05) is 6.07 Å². The molecule has 1 aromatic carbocycles. The van der Waals surface area contributed by atoms with Gasteiger partial charge in [-0.25, -0.2) is 9.37 Å². The number of H-pyrrole nitrogens is 1. The molecule has 0 aliphatic heterocycles. The molecular formula is C11H11FN2. The monoisotopic (exact) mass is 190 g/mol. The summed E-state index contributed by atoms with van der Waals surface area (Å²) in [5.74, 6) is 1.30. The van der Waals surface area contributed by atoms with Crippen molar-refractivity contribution < 1.29 is 4.39 Å². The van der Waals surface area contributed by atoms with Crippen LogP contribution in [0.25, 0.3) is 11.0 Å².